The fourth-order valence-electron chi connectivity index (χ4n) is 0.931. The maximum Gasteiger partial charge on any atom is 0.250 e. The van der Waals surface area contributed by atoms with E-state index < -0.39 is 10.0 Å². The lowest BCUT2D eigenvalue weighted by molar-refractivity contribution is 0.285. The van der Waals surface area contributed by atoms with Gasteiger partial charge in [0.25, 0.3) is 0 Å². The Hall–Kier alpha value is -0.430. The molecular weight excluding hydrogens is 222 g/mol. The molecule has 0 saturated heterocycles. The number of unbranched alkanes of at least 4 members (excludes halogenated alkanes) is 1. The highest BCUT2D eigenvalue weighted by Crippen LogP contribution is 2.14. The molecule has 4 nitrogen and oxygen atoms in total. The minimum atomic E-state index is -3.31. The molecule has 80 valence electrons. The van der Waals surface area contributed by atoms with Crippen LogP contribution in [0.25, 0.3) is 0 Å². The average Bonchev–Trinajstić information content (AvgIpc) is 2.65. The Balaban J connectivity index is 2.44. The highest BCUT2D eigenvalue weighted by molar-refractivity contribution is 7.91. The van der Waals surface area contributed by atoms with E-state index in [1.807, 2.05) is 0 Å². The molecule has 1 heterocycles. The van der Waals surface area contributed by atoms with Gasteiger partial charge in [0.05, 0.1) is 0 Å². The first-order valence-electron chi connectivity index (χ1n) is 4.31. The third kappa shape index (κ3) is 3.38. The zero-order valence-corrected chi connectivity index (χ0v) is 9.27. The summed E-state index contributed by atoms with van der Waals surface area (Å²) in [4.78, 5) is 0. The van der Waals surface area contributed by atoms with Crippen molar-refractivity contribution in [3.8, 4) is 0 Å². The third-order valence-electron chi connectivity index (χ3n) is 1.64. The van der Waals surface area contributed by atoms with E-state index in [1.165, 1.54) is 11.3 Å². The lowest BCUT2D eigenvalue weighted by atomic mass is 10.3. The molecule has 0 fully saturated rings. The number of aliphatic hydroxyl groups excluding tert-OH is 1. The second-order valence-electron chi connectivity index (χ2n) is 2.76. The van der Waals surface area contributed by atoms with Crippen LogP contribution in [-0.4, -0.2) is 26.7 Å². The van der Waals surface area contributed by atoms with Crippen molar-refractivity contribution in [2.24, 2.45) is 0 Å². The summed E-state index contributed by atoms with van der Waals surface area (Å²) in [6, 6.07) is 3.27. The van der Waals surface area contributed by atoms with Crippen LogP contribution in [0.15, 0.2) is 21.7 Å². The van der Waals surface area contributed by atoms with Crippen LogP contribution in [0.5, 0.6) is 0 Å². The largest absolute Gasteiger partial charge is 0.396 e. The molecule has 0 aliphatic rings. The van der Waals surface area contributed by atoms with Gasteiger partial charge in [-0.15, -0.1) is 11.3 Å². The van der Waals surface area contributed by atoms with Crippen molar-refractivity contribution >= 4 is 21.4 Å². The van der Waals surface area contributed by atoms with Crippen molar-refractivity contribution in [2.75, 3.05) is 13.2 Å². The van der Waals surface area contributed by atoms with Gasteiger partial charge in [-0.05, 0) is 24.3 Å². The van der Waals surface area contributed by atoms with Crippen LogP contribution in [0.4, 0.5) is 0 Å². The smallest absolute Gasteiger partial charge is 0.250 e. The van der Waals surface area contributed by atoms with E-state index in [0.717, 1.165) is 0 Å². The van der Waals surface area contributed by atoms with Gasteiger partial charge in [-0.3, -0.25) is 0 Å². The Morgan fingerprint density at radius 1 is 1.43 bits per heavy atom. The van der Waals surface area contributed by atoms with Crippen molar-refractivity contribution in [3.63, 3.8) is 0 Å². The van der Waals surface area contributed by atoms with Gasteiger partial charge in [0.15, 0.2) is 0 Å². The van der Waals surface area contributed by atoms with E-state index in [0.29, 0.717) is 23.6 Å². The van der Waals surface area contributed by atoms with E-state index in [2.05, 4.69) is 4.72 Å². The van der Waals surface area contributed by atoms with Gasteiger partial charge in [-0.25, -0.2) is 13.1 Å². The molecule has 0 atom stereocenters. The van der Waals surface area contributed by atoms with E-state index in [9.17, 15) is 8.42 Å². The minimum absolute atomic E-state index is 0.0979. The highest BCUT2D eigenvalue weighted by atomic mass is 32.2. The van der Waals surface area contributed by atoms with E-state index in [4.69, 9.17) is 5.11 Å². The summed E-state index contributed by atoms with van der Waals surface area (Å²) >= 11 is 1.19. The standard InChI is InChI=1S/C8H13NO3S2/c10-6-2-1-5-9-14(11,12)8-4-3-7-13-8/h3-4,7,9-10H,1-2,5-6H2. The van der Waals surface area contributed by atoms with Crippen LogP contribution in [0, 0.1) is 0 Å². The van der Waals surface area contributed by atoms with E-state index in [-0.39, 0.29) is 6.61 Å². The van der Waals surface area contributed by atoms with Gasteiger partial charge in [0.1, 0.15) is 4.21 Å². The summed E-state index contributed by atoms with van der Waals surface area (Å²) in [6.07, 6.45) is 1.27. The molecule has 0 saturated carbocycles. The molecule has 1 aromatic heterocycles. The van der Waals surface area contributed by atoms with Crippen LogP contribution in [-0.2, 0) is 10.0 Å². The summed E-state index contributed by atoms with van der Waals surface area (Å²) in [5.41, 5.74) is 0. The SMILES string of the molecule is O=S(=O)(NCCCCO)c1cccs1. The predicted molar refractivity (Wildman–Crippen MR) is 55.8 cm³/mol. The van der Waals surface area contributed by atoms with Crippen LogP contribution < -0.4 is 4.72 Å². The number of hydrogen-bond acceptors (Lipinski definition) is 4. The average molecular weight is 235 g/mol. The monoisotopic (exact) mass is 235 g/mol. The topological polar surface area (TPSA) is 66.4 Å². The zero-order valence-electron chi connectivity index (χ0n) is 7.64. The number of rotatable bonds is 6. The number of sulfonamides is 1. The van der Waals surface area contributed by atoms with Crippen molar-refractivity contribution in [1.29, 1.82) is 0 Å². The Bertz CT molecular complexity index is 345. The van der Waals surface area contributed by atoms with Crippen molar-refractivity contribution < 1.29 is 13.5 Å². The Morgan fingerprint density at radius 3 is 2.79 bits per heavy atom. The zero-order chi connectivity index (χ0) is 10.4. The van der Waals surface area contributed by atoms with Crippen molar-refractivity contribution in [2.45, 2.75) is 17.1 Å². The quantitative estimate of drug-likeness (QED) is 0.717. The summed E-state index contributed by atoms with van der Waals surface area (Å²) < 4.78 is 25.8. The summed E-state index contributed by atoms with van der Waals surface area (Å²) in [5, 5.41) is 10.2. The molecule has 0 aliphatic heterocycles. The Kier molecular flexibility index (Phi) is 4.53. The number of aliphatic hydroxyl groups is 1. The number of hydrogen-bond donors (Lipinski definition) is 2. The summed E-state index contributed by atoms with van der Waals surface area (Å²) in [7, 11) is -3.31. The first kappa shape index (κ1) is 11.6. The Labute approximate surface area is 87.6 Å². The van der Waals surface area contributed by atoms with Crippen molar-refractivity contribution in [3.05, 3.63) is 17.5 Å². The molecule has 0 bridgehead atoms. The second kappa shape index (κ2) is 5.45. The fraction of sp³-hybridized carbons (Fsp3) is 0.500. The van der Waals surface area contributed by atoms with E-state index in [1.54, 1.807) is 17.5 Å². The normalized spacial score (nSPS) is 11.8. The minimum Gasteiger partial charge on any atom is -0.396 e. The molecule has 0 unspecified atom stereocenters. The molecule has 2 N–H and O–H groups in total. The van der Waals surface area contributed by atoms with E-state index >= 15 is 0 Å². The van der Waals surface area contributed by atoms with Gasteiger partial charge < -0.3 is 5.11 Å². The number of thiophene rings is 1. The van der Waals surface area contributed by atoms with Gasteiger partial charge in [0, 0.05) is 13.2 Å². The molecular formula is C8H13NO3S2. The van der Waals surface area contributed by atoms with Gasteiger partial charge in [-0.1, -0.05) is 6.07 Å². The van der Waals surface area contributed by atoms with Crippen LogP contribution in [0.2, 0.25) is 0 Å². The first-order chi connectivity index (χ1) is 6.67. The highest BCUT2D eigenvalue weighted by Gasteiger charge is 2.13. The maximum absolute atomic E-state index is 11.5. The number of nitrogens with one attached hydrogen (secondary N) is 1. The van der Waals surface area contributed by atoms with Crippen LogP contribution >= 0.6 is 11.3 Å². The molecule has 0 amide bonds. The van der Waals surface area contributed by atoms with Crippen LogP contribution in [0.1, 0.15) is 12.8 Å². The molecule has 0 aromatic carbocycles. The summed E-state index contributed by atoms with van der Waals surface area (Å²) in [5.74, 6) is 0. The van der Waals surface area contributed by atoms with Crippen molar-refractivity contribution in [1.82, 2.24) is 4.72 Å². The molecule has 6 heteroatoms. The third-order valence-corrected chi connectivity index (χ3v) is 4.50. The molecule has 0 spiro atoms. The second-order valence-corrected chi connectivity index (χ2v) is 5.70. The molecule has 0 aliphatic carbocycles. The predicted octanol–water partition coefficient (Wildman–Crippen LogP) is 0.799. The molecule has 0 radical (unpaired) electrons. The lowest BCUT2D eigenvalue weighted by Crippen LogP contribution is -2.24. The van der Waals surface area contributed by atoms with Gasteiger partial charge in [-0.2, -0.15) is 0 Å². The van der Waals surface area contributed by atoms with Gasteiger partial charge >= 0.3 is 0 Å². The lowest BCUT2D eigenvalue weighted by Gasteiger charge is -2.03. The Morgan fingerprint density at radius 2 is 2.21 bits per heavy atom. The first-order valence-corrected chi connectivity index (χ1v) is 6.67. The van der Waals surface area contributed by atoms with Gasteiger partial charge in [0.2, 0.25) is 10.0 Å². The van der Waals surface area contributed by atoms with Crippen LogP contribution in [0.3, 0.4) is 0 Å². The maximum atomic E-state index is 11.5. The molecule has 14 heavy (non-hydrogen) atoms. The molecule has 1 aromatic rings. The summed E-state index contributed by atoms with van der Waals surface area (Å²) in [6.45, 7) is 0.474. The fourth-order valence-corrected chi connectivity index (χ4v) is 3.04. The molecule has 1 rings (SSSR count).